The van der Waals surface area contributed by atoms with Gasteiger partial charge in [0.05, 0.1) is 24.3 Å². The van der Waals surface area contributed by atoms with Gasteiger partial charge in [0.1, 0.15) is 5.75 Å². The van der Waals surface area contributed by atoms with Gasteiger partial charge in [-0.1, -0.05) is 6.08 Å². The highest BCUT2D eigenvalue weighted by Gasteiger charge is 2.13. The average Bonchev–Trinajstić information content (AvgIpc) is 2.61. The van der Waals surface area contributed by atoms with Crippen LogP contribution in [0.4, 0.5) is 5.69 Å². The zero-order valence-corrected chi connectivity index (χ0v) is 11.2. The molecule has 0 unspecified atom stereocenters. The maximum Gasteiger partial charge on any atom is 0.146 e. The van der Waals surface area contributed by atoms with Crippen LogP contribution in [0.1, 0.15) is 13.3 Å². The fraction of sp³-hybridized carbons (Fsp3) is 0.500. The summed E-state index contributed by atoms with van der Waals surface area (Å²) in [4.78, 5) is 8.99. The topological polar surface area (TPSA) is 28.6 Å². The predicted octanol–water partition coefficient (Wildman–Crippen LogP) is 2.14. The Labute approximate surface area is 109 Å². The van der Waals surface area contributed by atoms with E-state index < -0.39 is 0 Å². The van der Waals surface area contributed by atoms with Crippen molar-refractivity contribution < 1.29 is 4.74 Å². The van der Waals surface area contributed by atoms with E-state index in [9.17, 15) is 0 Å². The Hall–Kier alpha value is -1.55. The maximum absolute atomic E-state index is 5.46. The molecular weight excluding hydrogens is 226 g/mol. The van der Waals surface area contributed by atoms with Crippen molar-refractivity contribution in [3.63, 3.8) is 0 Å². The van der Waals surface area contributed by atoms with Crippen LogP contribution in [-0.2, 0) is 0 Å². The van der Waals surface area contributed by atoms with E-state index in [0.717, 1.165) is 31.1 Å². The first kappa shape index (κ1) is 12.9. The minimum absolute atomic E-state index is 0.795. The largest absolute Gasteiger partial charge is 0.464 e. The van der Waals surface area contributed by atoms with Crippen molar-refractivity contribution in [1.82, 2.24) is 9.88 Å². The second-order valence-corrected chi connectivity index (χ2v) is 4.61. The maximum atomic E-state index is 5.46. The van der Waals surface area contributed by atoms with Crippen molar-refractivity contribution in [1.29, 1.82) is 0 Å². The summed E-state index contributed by atoms with van der Waals surface area (Å²) in [5.41, 5.74) is 1.15. The van der Waals surface area contributed by atoms with E-state index in [0.29, 0.717) is 0 Å². The van der Waals surface area contributed by atoms with Crippen LogP contribution in [0.5, 0.6) is 5.75 Å². The van der Waals surface area contributed by atoms with E-state index in [1.165, 1.54) is 13.0 Å². The van der Waals surface area contributed by atoms with Gasteiger partial charge in [-0.15, -0.1) is 0 Å². The quantitative estimate of drug-likeness (QED) is 0.765. The zero-order chi connectivity index (χ0) is 12.8. The highest BCUT2D eigenvalue weighted by molar-refractivity contribution is 5.48. The molecule has 0 aliphatic carbocycles. The molecule has 0 amide bonds. The van der Waals surface area contributed by atoms with Crippen molar-refractivity contribution in [2.45, 2.75) is 13.3 Å². The molecule has 0 aromatic carbocycles. The number of pyridine rings is 1. The molecule has 0 spiro atoms. The number of rotatable bonds is 3. The fourth-order valence-corrected chi connectivity index (χ4v) is 2.10. The summed E-state index contributed by atoms with van der Waals surface area (Å²) in [6, 6.07) is 2.05. The van der Waals surface area contributed by atoms with Gasteiger partial charge in [-0.2, -0.15) is 0 Å². The second-order valence-electron chi connectivity index (χ2n) is 4.61. The minimum atomic E-state index is 0.795. The van der Waals surface area contributed by atoms with Crippen LogP contribution < -0.4 is 9.64 Å². The van der Waals surface area contributed by atoms with Gasteiger partial charge in [-0.3, -0.25) is 4.98 Å². The monoisotopic (exact) mass is 247 g/mol. The number of nitrogens with zero attached hydrogens (tertiary/aromatic N) is 3. The summed E-state index contributed by atoms with van der Waals surface area (Å²) < 4.78 is 5.46. The van der Waals surface area contributed by atoms with Crippen LogP contribution in [0.15, 0.2) is 30.8 Å². The molecule has 98 valence electrons. The smallest absolute Gasteiger partial charge is 0.146 e. The van der Waals surface area contributed by atoms with E-state index in [1.54, 1.807) is 12.5 Å². The fourth-order valence-electron chi connectivity index (χ4n) is 2.10. The summed E-state index contributed by atoms with van der Waals surface area (Å²) >= 11 is 0. The van der Waals surface area contributed by atoms with Crippen molar-refractivity contribution in [3.05, 3.63) is 30.8 Å². The highest BCUT2D eigenvalue weighted by Crippen LogP contribution is 2.20. The molecule has 1 aromatic heterocycles. The van der Waals surface area contributed by atoms with Crippen molar-refractivity contribution in [2.24, 2.45) is 0 Å². The third kappa shape index (κ3) is 3.47. The molecule has 0 radical (unpaired) electrons. The van der Waals surface area contributed by atoms with Crippen LogP contribution in [0, 0.1) is 0 Å². The molecule has 4 nitrogen and oxygen atoms in total. The Morgan fingerprint density at radius 2 is 2.11 bits per heavy atom. The van der Waals surface area contributed by atoms with Crippen molar-refractivity contribution in [3.8, 4) is 5.75 Å². The van der Waals surface area contributed by atoms with Gasteiger partial charge in [0, 0.05) is 25.7 Å². The Morgan fingerprint density at radius 3 is 2.94 bits per heavy atom. The van der Waals surface area contributed by atoms with Crippen LogP contribution in [0.3, 0.4) is 0 Å². The van der Waals surface area contributed by atoms with Gasteiger partial charge in [-0.25, -0.2) is 0 Å². The Bertz CT molecular complexity index is 406. The molecule has 0 N–H and O–H groups in total. The van der Waals surface area contributed by atoms with E-state index in [4.69, 9.17) is 4.74 Å². The zero-order valence-electron chi connectivity index (χ0n) is 11.2. The van der Waals surface area contributed by atoms with Gasteiger partial charge in [0.2, 0.25) is 0 Å². The number of allylic oxidation sites excluding steroid dienone is 1. The van der Waals surface area contributed by atoms with Gasteiger partial charge in [0.25, 0.3) is 0 Å². The number of ether oxygens (including phenoxy) is 1. The first-order chi connectivity index (χ1) is 8.79. The molecule has 2 heterocycles. The molecular formula is C14H21N3O. The standard InChI is InChI=1S/C14H21N3O/c1-3-9-18-14-10-13(11-15-12-14)17-6-4-5-16(2)7-8-17/h3,9-12H,4-8H2,1-2H3. The van der Waals surface area contributed by atoms with Gasteiger partial charge < -0.3 is 14.5 Å². The summed E-state index contributed by atoms with van der Waals surface area (Å²) in [6.07, 6.45) is 8.39. The molecule has 4 heteroatoms. The van der Waals surface area contributed by atoms with Crippen molar-refractivity contribution in [2.75, 3.05) is 38.1 Å². The summed E-state index contributed by atoms with van der Waals surface area (Å²) in [5, 5.41) is 0. The molecule has 1 aliphatic rings. The average molecular weight is 247 g/mol. The van der Waals surface area contributed by atoms with Gasteiger partial charge in [-0.05, 0) is 26.9 Å². The van der Waals surface area contributed by atoms with E-state index in [-0.39, 0.29) is 0 Å². The summed E-state index contributed by atoms with van der Waals surface area (Å²) in [6.45, 7) is 6.32. The van der Waals surface area contributed by atoms with Crippen LogP contribution in [-0.4, -0.2) is 43.1 Å². The molecule has 0 bridgehead atoms. The lowest BCUT2D eigenvalue weighted by molar-refractivity contribution is 0.360. The molecule has 1 aromatic rings. The lowest BCUT2D eigenvalue weighted by Crippen LogP contribution is -2.28. The summed E-state index contributed by atoms with van der Waals surface area (Å²) in [5.74, 6) is 0.795. The van der Waals surface area contributed by atoms with Gasteiger partial charge in [0.15, 0.2) is 0 Å². The SMILES string of the molecule is CC=COc1cncc(N2CCCN(C)CC2)c1. The first-order valence-corrected chi connectivity index (χ1v) is 6.46. The van der Waals surface area contributed by atoms with Crippen LogP contribution >= 0.6 is 0 Å². The minimum Gasteiger partial charge on any atom is -0.464 e. The second kappa shape index (κ2) is 6.40. The van der Waals surface area contributed by atoms with E-state index in [1.807, 2.05) is 19.2 Å². The van der Waals surface area contributed by atoms with Crippen molar-refractivity contribution >= 4 is 5.69 Å². The molecule has 0 atom stereocenters. The third-order valence-corrected chi connectivity index (χ3v) is 3.12. The molecule has 1 saturated heterocycles. The van der Waals surface area contributed by atoms with Gasteiger partial charge >= 0.3 is 0 Å². The lowest BCUT2D eigenvalue weighted by Gasteiger charge is -2.22. The third-order valence-electron chi connectivity index (χ3n) is 3.12. The van der Waals surface area contributed by atoms with E-state index >= 15 is 0 Å². The van der Waals surface area contributed by atoms with Crippen LogP contribution in [0.2, 0.25) is 0 Å². The van der Waals surface area contributed by atoms with E-state index in [2.05, 4.69) is 27.9 Å². The Morgan fingerprint density at radius 1 is 1.22 bits per heavy atom. The Kier molecular flexibility index (Phi) is 4.59. The molecule has 18 heavy (non-hydrogen) atoms. The molecule has 0 saturated carbocycles. The first-order valence-electron chi connectivity index (χ1n) is 6.46. The molecule has 2 rings (SSSR count). The van der Waals surface area contributed by atoms with Crippen LogP contribution in [0.25, 0.3) is 0 Å². The normalized spacial score (nSPS) is 18.0. The Balaban J connectivity index is 2.07. The molecule has 1 aliphatic heterocycles. The number of likely N-dealkylation sites (N-methyl/N-ethyl adjacent to an activating group) is 1. The molecule has 1 fully saturated rings. The highest BCUT2D eigenvalue weighted by atomic mass is 16.5. The number of hydrogen-bond donors (Lipinski definition) is 0. The lowest BCUT2D eigenvalue weighted by atomic mass is 10.3. The number of aromatic nitrogens is 1. The number of hydrogen-bond acceptors (Lipinski definition) is 4. The predicted molar refractivity (Wildman–Crippen MR) is 74.0 cm³/mol. The summed E-state index contributed by atoms with van der Waals surface area (Å²) in [7, 11) is 2.17. The number of anilines is 1.